The molecule has 0 saturated carbocycles. The minimum atomic E-state index is -1.26. The normalized spacial score (nSPS) is 14.6. The second kappa shape index (κ2) is 33.4. The summed E-state index contributed by atoms with van der Waals surface area (Å²) in [5.74, 6) is -0.601. The van der Waals surface area contributed by atoms with E-state index in [1.165, 1.54) is 122 Å². The number of nitrogens with one attached hydrogen (secondary N) is 1. The maximum absolute atomic E-state index is 12.4. The Balaban J connectivity index is 3.81. The monoisotopic (exact) mass is 626 g/mol. The first-order chi connectivity index (χ1) is 21.5. The summed E-state index contributed by atoms with van der Waals surface area (Å²) in [5, 5.41) is 43.4. The van der Waals surface area contributed by atoms with Gasteiger partial charge in [-0.1, -0.05) is 167 Å². The Morgan fingerprint density at radius 3 is 1.34 bits per heavy atom. The fourth-order valence-electron chi connectivity index (χ4n) is 5.87. The van der Waals surface area contributed by atoms with Crippen molar-refractivity contribution in [2.75, 3.05) is 6.61 Å². The van der Waals surface area contributed by atoms with Crippen molar-refractivity contribution in [3.63, 3.8) is 0 Å². The molecule has 0 aliphatic carbocycles. The number of unbranched alkanes of at least 4 members (excludes halogenated alkanes) is 23. The maximum atomic E-state index is 12.4. The van der Waals surface area contributed by atoms with E-state index in [2.05, 4.69) is 31.3 Å². The zero-order valence-electron chi connectivity index (χ0n) is 29.2. The smallest absolute Gasteiger partial charge is 0.249 e. The molecule has 6 heteroatoms. The van der Waals surface area contributed by atoms with Gasteiger partial charge in [-0.3, -0.25) is 4.79 Å². The highest BCUT2D eigenvalue weighted by molar-refractivity contribution is 5.80. The van der Waals surface area contributed by atoms with Crippen LogP contribution in [0.3, 0.4) is 0 Å². The molecule has 4 atom stereocenters. The molecular weight excluding hydrogens is 550 g/mol. The number of hydrogen-bond acceptors (Lipinski definition) is 5. The van der Waals surface area contributed by atoms with Gasteiger partial charge in [0.25, 0.3) is 0 Å². The van der Waals surface area contributed by atoms with Gasteiger partial charge in [0, 0.05) is 0 Å². The van der Waals surface area contributed by atoms with Crippen molar-refractivity contribution in [3.8, 4) is 0 Å². The van der Waals surface area contributed by atoms with Gasteiger partial charge in [0.15, 0.2) is 0 Å². The second-order valence-corrected chi connectivity index (χ2v) is 13.3. The van der Waals surface area contributed by atoms with E-state index in [-0.39, 0.29) is 0 Å². The summed E-state index contributed by atoms with van der Waals surface area (Å²) in [6, 6.07) is -0.988. The van der Waals surface area contributed by atoms with Gasteiger partial charge in [0.2, 0.25) is 5.91 Å². The Kier molecular flexibility index (Phi) is 32.7. The highest BCUT2D eigenvalue weighted by Gasteiger charge is 2.28. The van der Waals surface area contributed by atoms with Crippen molar-refractivity contribution in [2.24, 2.45) is 0 Å². The summed E-state index contributed by atoms with van der Waals surface area (Å²) in [6.45, 7) is 4.01. The molecule has 0 aromatic heterocycles. The number of aliphatic hydroxyl groups excluding tert-OH is 4. The van der Waals surface area contributed by atoms with Gasteiger partial charge >= 0.3 is 0 Å². The van der Waals surface area contributed by atoms with Crippen molar-refractivity contribution in [1.29, 1.82) is 0 Å². The van der Waals surface area contributed by atoms with Crippen LogP contribution in [0.25, 0.3) is 0 Å². The quantitative estimate of drug-likeness (QED) is 0.0362. The molecule has 0 aliphatic heterocycles. The first kappa shape index (κ1) is 43.0. The first-order valence-electron chi connectivity index (χ1n) is 19.1. The van der Waals surface area contributed by atoms with Crippen LogP contribution in [0.15, 0.2) is 12.2 Å². The molecule has 0 fully saturated rings. The fraction of sp³-hybridized carbons (Fsp3) is 0.921. The third-order valence-electron chi connectivity index (χ3n) is 8.98. The number of amides is 1. The topological polar surface area (TPSA) is 110 Å². The van der Waals surface area contributed by atoms with Gasteiger partial charge in [-0.2, -0.15) is 0 Å². The summed E-state index contributed by atoms with van der Waals surface area (Å²) in [6.07, 6.45) is 33.7. The average Bonchev–Trinajstić information content (AvgIpc) is 3.03. The zero-order valence-corrected chi connectivity index (χ0v) is 29.2. The van der Waals surface area contributed by atoms with E-state index in [0.29, 0.717) is 12.8 Å². The lowest BCUT2D eigenvalue weighted by atomic mass is 9.99. The highest BCUT2D eigenvalue weighted by atomic mass is 16.3. The van der Waals surface area contributed by atoms with E-state index < -0.39 is 36.9 Å². The van der Waals surface area contributed by atoms with E-state index in [9.17, 15) is 25.2 Å². The number of allylic oxidation sites excluding steroid dienone is 2. The van der Waals surface area contributed by atoms with E-state index in [0.717, 1.165) is 44.9 Å². The predicted octanol–water partition coefficient (Wildman–Crippen LogP) is 9.07. The van der Waals surface area contributed by atoms with Crippen molar-refractivity contribution in [3.05, 3.63) is 12.2 Å². The predicted molar refractivity (Wildman–Crippen MR) is 187 cm³/mol. The van der Waals surface area contributed by atoms with E-state index in [4.69, 9.17) is 0 Å². The van der Waals surface area contributed by atoms with E-state index >= 15 is 0 Å². The molecule has 0 aromatic rings. The number of hydrogen-bond donors (Lipinski definition) is 5. The summed E-state index contributed by atoms with van der Waals surface area (Å²) in [7, 11) is 0. The standard InChI is InChI=1S/C38H75NO5/c1-3-5-7-9-11-13-15-17-18-19-20-22-23-25-27-29-31-35(41)37(43)34(33-40)39-38(44)36(42)32-30-28-26-24-21-16-14-12-10-8-6-4-2/h21,24,34-37,40-43H,3-20,22-23,25-33H2,1-2H3,(H,39,44)/b24-21-. The van der Waals surface area contributed by atoms with Crippen LogP contribution in [0.2, 0.25) is 0 Å². The molecule has 44 heavy (non-hydrogen) atoms. The number of aliphatic hydroxyl groups is 4. The Bertz CT molecular complexity index is 628. The molecule has 6 nitrogen and oxygen atoms in total. The second-order valence-electron chi connectivity index (χ2n) is 13.3. The summed E-state index contributed by atoms with van der Waals surface area (Å²) in [4.78, 5) is 12.4. The Morgan fingerprint density at radius 1 is 0.545 bits per heavy atom. The molecule has 0 bridgehead atoms. The molecular formula is C38H75NO5. The molecule has 0 saturated heterocycles. The number of carbonyl (C=O) groups excluding carboxylic acids is 1. The molecule has 0 aromatic carbocycles. The third kappa shape index (κ3) is 27.4. The molecule has 0 spiro atoms. The zero-order chi connectivity index (χ0) is 32.5. The minimum Gasteiger partial charge on any atom is -0.394 e. The van der Waals surface area contributed by atoms with Crippen LogP contribution >= 0.6 is 0 Å². The number of carbonyl (C=O) groups is 1. The molecule has 0 aliphatic rings. The van der Waals surface area contributed by atoms with Crippen LogP contribution in [-0.2, 0) is 4.79 Å². The Hall–Kier alpha value is -0.950. The van der Waals surface area contributed by atoms with Crippen LogP contribution < -0.4 is 5.32 Å². The highest BCUT2D eigenvalue weighted by Crippen LogP contribution is 2.16. The van der Waals surface area contributed by atoms with E-state index in [1.54, 1.807) is 0 Å². The lowest BCUT2D eigenvalue weighted by Crippen LogP contribution is -2.53. The molecule has 0 radical (unpaired) electrons. The Labute approximate surface area is 272 Å². The van der Waals surface area contributed by atoms with Crippen LogP contribution in [0.1, 0.15) is 194 Å². The average molecular weight is 626 g/mol. The van der Waals surface area contributed by atoms with Crippen molar-refractivity contribution in [2.45, 2.75) is 218 Å². The number of rotatable bonds is 34. The van der Waals surface area contributed by atoms with Gasteiger partial charge in [-0.25, -0.2) is 0 Å². The van der Waals surface area contributed by atoms with Crippen LogP contribution in [0, 0.1) is 0 Å². The Morgan fingerprint density at radius 2 is 0.909 bits per heavy atom. The summed E-state index contributed by atoms with van der Waals surface area (Å²) >= 11 is 0. The lowest BCUT2D eigenvalue weighted by molar-refractivity contribution is -0.132. The minimum absolute atomic E-state index is 0.340. The summed E-state index contributed by atoms with van der Waals surface area (Å²) in [5.41, 5.74) is 0. The fourth-order valence-corrected chi connectivity index (χ4v) is 5.87. The SMILES string of the molecule is CCCCCCCC/C=C\CCCCC(O)C(=O)NC(CO)C(O)C(O)CCCCCCCCCCCCCCCCCC. The summed E-state index contributed by atoms with van der Waals surface area (Å²) < 4.78 is 0. The first-order valence-corrected chi connectivity index (χ1v) is 19.1. The van der Waals surface area contributed by atoms with Gasteiger partial charge < -0.3 is 25.7 Å². The molecule has 0 rings (SSSR count). The van der Waals surface area contributed by atoms with Crippen LogP contribution in [0.5, 0.6) is 0 Å². The van der Waals surface area contributed by atoms with Gasteiger partial charge in [0.1, 0.15) is 12.2 Å². The molecule has 5 N–H and O–H groups in total. The maximum Gasteiger partial charge on any atom is 0.249 e. The largest absolute Gasteiger partial charge is 0.394 e. The van der Waals surface area contributed by atoms with Gasteiger partial charge in [0.05, 0.1) is 18.8 Å². The lowest BCUT2D eigenvalue weighted by Gasteiger charge is -2.27. The molecule has 262 valence electrons. The molecule has 1 amide bonds. The van der Waals surface area contributed by atoms with Crippen molar-refractivity contribution < 1.29 is 25.2 Å². The molecule has 0 heterocycles. The molecule has 4 unspecified atom stereocenters. The van der Waals surface area contributed by atoms with Crippen LogP contribution in [-0.4, -0.2) is 57.3 Å². The van der Waals surface area contributed by atoms with Crippen molar-refractivity contribution >= 4 is 5.91 Å². The van der Waals surface area contributed by atoms with Crippen LogP contribution in [0.4, 0.5) is 0 Å². The third-order valence-corrected chi connectivity index (χ3v) is 8.98. The van der Waals surface area contributed by atoms with Gasteiger partial charge in [-0.15, -0.1) is 0 Å². The van der Waals surface area contributed by atoms with Gasteiger partial charge in [-0.05, 0) is 38.5 Å². The van der Waals surface area contributed by atoms with Crippen molar-refractivity contribution in [1.82, 2.24) is 5.32 Å². The van der Waals surface area contributed by atoms with E-state index in [1.807, 2.05) is 0 Å².